The van der Waals surface area contributed by atoms with Gasteiger partial charge in [-0.3, -0.25) is 4.98 Å². The molecule has 0 saturated carbocycles. The Labute approximate surface area is 78.8 Å². The lowest BCUT2D eigenvalue weighted by molar-refractivity contribution is 0.578. The minimum absolute atomic E-state index is 0.394. The molecule has 1 aromatic rings. The van der Waals surface area contributed by atoms with Gasteiger partial charge in [0.15, 0.2) is 0 Å². The lowest BCUT2D eigenvalue weighted by atomic mass is 10.2. The average molecular weight is 177 g/mol. The molecule has 0 aliphatic carbocycles. The summed E-state index contributed by atoms with van der Waals surface area (Å²) >= 11 is 0. The van der Waals surface area contributed by atoms with Crippen molar-refractivity contribution in [3.63, 3.8) is 0 Å². The number of nitrogens with one attached hydrogen (secondary N) is 1. The van der Waals surface area contributed by atoms with Crippen molar-refractivity contribution in [2.75, 3.05) is 18.5 Å². The molecule has 0 spiro atoms. The minimum atomic E-state index is 0.394. The second-order valence-electron chi connectivity index (χ2n) is 3.41. The predicted molar refractivity (Wildman–Crippen MR) is 53.8 cm³/mol. The van der Waals surface area contributed by atoms with E-state index in [1.807, 2.05) is 19.4 Å². The second kappa shape index (κ2) is 3.34. The first-order valence-corrected chi connectivity index (χ1v) is 4.69. The molecule has 1 aromatic heterocycles. The number of rotatable bonds is 2. The fourth-order valence-electron chi connectivity index (χ4n) is 1.80. The molecule has 0 amide bonds. The number of fused-ring (bicyclic) bond motifs is 1. The van der Waals surface area contributed by atoms with E-state index in [4.69, 9.17) is 0 Å². The largest absolute Gasteiger partial charge is 0.354 e. The number of aromatic nitrogens is 1. The zero-order valence-corrected chi connectivity index (χ0v) is 8.12. The van der Waals surface area contributed by atoms with E-state index >= 15 is 0 Å². The number of anilines is 1. The summed E-state index contributed by atoms with van der Waals surface area (Å²) in [6.07, 6.45) is 5.36. The Bertz CT molecular complexity index is 298. The molecule has 1 unspecified atom stereocenters. The van der Waals surface area contributed by atoms with Crippen LogP contribution in [0.1, 0.15) is 12.5 Å². The van der Waals surface area contributed by atoms with Crippen LogP contribution in [0.5, 0.6) is 0 Å². The van der Waals surface area contributed by atoms with Crippen molar-refractivity contribution >= 4 is 5.69 Å². The summed E-state index contributed by atoms with van der Waals surface area (Å²) < 4.78 is 0. The van der Waals surface area contributed by atoms with Crippen molar-refractivity contribution < 1.29 is 0 Å². The molecule has 1 N–H and O–H groups in total. The Morgan fingerprint density at radius 3 is 3.23 bits per heavy atom. The molecule has 70 valence electrons. The summed E-state index contributed by atoms with van der Waals surface area (Å²) in [6, 6.07) is 2.11. The fourth-order valence-corrected chi connectivity index (χ4v) is 1.80. The van der Waals surface area contributed by atoms with Gasteiger partial charge in [0.05, 0.1) is 18.1 Å². The summed E-state index contributed by atoms with van der Waals surface area (Å²) in [5.41, 5.74) is 2.70. The van der Waals surface area contributed by atoms with Crippen LogP contribution in [0, 0.1) is 0 Å². The van der Waals surface area contributed by atoms with Crippen LogP contribution in [0.2, 0.25) is 0 Å². The van der Waals surface area contributed by atoms with E-state index in [9.17, 15) is 0 Å². The zero-order chi connectivity index (χ0) is 9.26. The van der Waals surface area contributed by atoms with Gasteiger partial charge in [-0.1, -0.05) is 0 Å². The highest BCUT2D eigenvalue weighted by Crippen LogP contribution is 2.27. The highest BCUT2D eigenvalue weighted by atomic mass is 15.3. The summed E-state index contributed by atoms with van der Waals surface area (Å²) in [4.78, 5) is 6.50. The summed E-state index contributed by atoms with van der Waals surface area (Å²) in [7, 11) is 1.99. The van der Waals surface area contributed by atoms with Crippen LogP contribution < -0.4 is 10.2 Å². The Morgan fingerprint density at radius 1 is 1.62 bits per heavy atom. The van der Waals surface area contributed by atoms with Crippen molar-refractivity contribution in [3.05, 3.63) is 24.0 Å². The molecular weight excluding hydrogens is 162 g/mol. The van der Waals surface area contributed by atoms with E-state index in [0.29, 0.717) is 6.17 Å². The van der Waals surface area contributed by atoms with Crippen molar-refractivity contribution in [3.8, 4) is 0 Å². The Hall–Kier alpha value is -1.09. The Morgan fingerprint density at radius 2 is 2.46 bits per heavy atom. The van der Waals surface area contributed by atoms with Gasteiger partial charge < -0.3 is 10.2 Å². The smallest absolute Gasteiger partial charge is 0.0765 e. The summed E-state index contributed by atoms with van der Waals surface area (Å²) in [6.45, 7) is 3.27. The van der Waals surface area contributed by atoms with E-state index in [1.165, 1.54) is 11.3 Å². The van der Waals surface area contributed by atoms with Crippen molar-refractivity contribution in [1.82, 2.24) is 10.3 Å². The number of hydrogen-bond donors (Lipinski definition) is 1. The van der Waals surface area contributed by atoms with Gasteiger partial charge in [0.2, 0.25) is 0 Å². The molecule has 13 heavy (non-hydrogen) atoms. The number of hydrogen-bond acceptors (Lipinski definition) is 3. The van der Waals surface area contributed by atoms with Crippen LogP contribution in [0.15, 0.2) is 18.5 Å². The van der Waals surface area contributed by atoms with Gasteiger partial charge in [0.1, 0.15) is 0 Å². The molecule has 1 atom stereocenters. The maximum Gasteiger partial charge on any atom is 0.0765 e. The van der Waals surface area contributed by atoms with Crippen molar-refractivity contribution in [2.45, 2.75) is 19.5 Å². The highest BCUT2D eigenvalue weighted by Gasteiger charge is 2.21. The maximum absolute atomic E-state index is 4.15. The molecule has 1 aliphatic heterocycles. The first-order valence-electron chi connectivity index (χ1n) is 4.69. The molecular formula is C10H15N3. The van der Waals surface area contributed by atoms with Gasteiger partial charge in [-0.15, -0.1) is 0 Å². The molecule has 3 heteroatoms. The first kappa shape index (κ1) is 8.51. The van der Waals surface area contributed by atoms with Gasteiger partial charge in [0.25, 0.3) is 0 Å². The SMILES string of the molecule is CNC(C)N1CCc2ccncc21. The standard InChI is InChI=1S/C10H15N3/c1-8(11-2)13-6-4-9-3-5-12-7-10(9)13/h3,5,7-8,11H,4,6H2,1-2H3. The van der Waals surface area contributed by atoms with Crippen LogP contribution in [0.25, 0.3) is 0 Å². The Balaban J connectivity index is 2.28. The lowest BCUT2D eigenvalue weighted by Gasteiger charge is -2.26. The van der Waals surface area contributed by atoms with Gasteiger partial charge in [-0.2, -0.15) is 0 Å². The van der Waals surface area contributed by atoms with Gasteiger partial charge in [-0.05, 0) is 32.0 Å². The normalized spacial score (nSPS) is 17.2. The average Bonchev–Trinajstić information content (AvgIpc) is 2.60. The van der Waals surface area contributed by atoms with Gasteiger partial charge in [0, 0.05) is 12.7 Å². The van der Waals surface area contributed by atoms with E-state index < -0.39 is 0 Å². The quantitative estimate of drug-likeness (QED) is 0.730. The molecule has 2 heterocycles. The Kier molecular flexibility index (Phi) is 2.19. The van der Waals surface area contributed by atoms with Crippen LogP contribution in [0.4, 0.5) is 5.69 Å². The molecule has 0 radical (unpaired) electrons. The van der Waals surface area contributed by atoms with Gasteiger partial charge in [-0.25, -0.2) is 0 Å². The monoisotopic (exact) mass is 177 g/mol. The predicted octanol–water partition coefficient (Wildman–Crippen LogP) is 1.01. The third-order valence-electron chi connectivity index (χ3n) is 2.70. The summed E-state index contributed by atoms with van der Waals surface area (Å²) in [5.74, 6) is 0. The maximum atomic E-state index is 4.15. The molecule has 0 bridgehead atoms. The van der Waals surface area contributed by atoms with E-state index in [0.717, 1.165) is 13.0 Å². The highest BCUT2D eigenvalue weighted by molar-refractivity contribution is 5.56. The topological polar surface area (TPSA) is 28.2 Å². The van der Waals surface area contributed by atoms with Crippen LogP contribution >= 0.6 is 0 Å². The van der Waals surface area contributed by atoms with Gasteiger partial charge >= 0.3 is 0 Å². The van der Waals surface area contributed by atoms with E-state index in [-0.39, 0.29) is 0 Å². The van der Waals surface area contributed by atoms with Crippen molar-refractivity contribution in [2.24, 2.45) is 0 Å². The first-order chi connectivity index (χ1) is 6.33. The second-order valence-corrected chi connectivity index (χ2v) is 3.41. The molecule has 0 fully saturated rings. The number of pyridine rings is 1. The molecule has 3 nitrogen and oxygen atoms in total. The van der Waals surface area contributed by atoms with Crippen molar-refractivity contribution in [1.29, 1.82) is 0 Å². The third-order valence-corrected chi connectivity index (χ3v) is 2.70. The van der Waals surface area contributed by atoms with Crippen LogP contribution in [0.3, 0.4) is 0 Å². The molecule has 0 saturated heterocycles. The van der Waals surface area contributed by atoms with Crippen LogP contribution in [-0.2, 0) is 6.42 Å². The molecule has 1 aliphatic rings. The molecule has 0 aromatic carbocycles. The van der Waals surface area contributed by atoms with E-state index in [1.54, 1.807) is 0 Å². The van der Waals surface area contributed by atoms with E-state index in [2.05, 4.69) is 28.2 Å². The minimum Gasteiger partial charge on any atom is -0.354 e. The van der Waals surface area contributed by atoms with Crippen LogP contribution in [-0.4, -0.2) is 24.7 Å². The number of nitrogens with zero attached hydrogens (tertiary/aromatic N) is 2. The molecule has 2 rings (SSSR count). The summed E-state index contributed by atoms with van der Waals surface area (Å²) in [5, 5.41) is 3.25. The lowest BCUT2D eigenvalue weighted by Crippen LogP contribution is -2.40. The zero-order valence-electron chi connectivity index (χ0n) is 8.12. The third kappa shape index (κ3) is 1.40. The fraction of sp³-hybridized carbons (Fsp3) is 0.500.